The van der Waals surface area contributed by atoms with Crippen molar-refractivity contribution in [2.45, 2.75) is 26.4 Å². The second-order valence-corrected chi connectivity index (χ2v) is 9.42. The zero-order valence-corrected chi connectivity index (χ0v) is 20.4. The summed E-state index contributed by atoms with van der Waals surface area (Å²) in [6, 6.07) is 17.5. The van der Waals surface area contributed by atoms with E-state index in [4.69, 9.17) is 13.9 Å². The lowest BCUT2D eigenvalue weighted by Gasteiger charge is -2.27. The molecule has 0 spiro atoms. The fraction of sp³-hybridized carbons (Fsp3) is 0.259. The number of esters is 1. The molecule has 1 aliphatic rings. The third kappa shape index (κ3) is 4.67. The molecule has 1 amide bonds. The number of furan rings is 1. The molecule has 8 heteroatoms. The minimum Gasteiger partial charge on any atom is -0.490 e. The summed E-state index contributed by atoms with van der Waals surface area (Å²) in [5.74, 6) is -0.129. The van der Waals surface area contributed by atoms with Crippen molar-refractivity contribution in [3.8, 4) is 5.75 Å². The highest BCUT2D eigenvalue weighted by Crippen LogP contribution is 2.38. The SMILES string of the molecule is CCOc1cccc2cc(C(=O)Nc3sc4c(c3C(=O)OC)CCN(Cc3ccccc3)C4)oc12. The highest BCUT2D eigenvalue weighted by Gasteiger charge is 2.30. The quantitative estimate of drug-likeness (QED) is 0.345. The van der Waals surface area contributed by atoms with E-state index in [1.807, 2.05) is 37.3 Å². The number of ether oxygens (including phenoxy) is 2. The Hall–Kier alpha value is -3.62. The number of carbonyl (C=O) groups excluding carboxylic acids is 2. The summed E-state index contributed by atoms with van der Waals surface area (Å²) in [6.07, 6.45) is 0.710. The van der Waals surface area contributed by atoms with Gasteiger partial charge >= 0.3 is 5.97 Å². The van der Waals surface area contributed by atoms with Gasteiger partial charge in [-0.25, -0.2) is 4.79 Å². The van der Waals surface area contributed by atoms with Crippen molar-refractivity contribution in [1.29, 1.82) is 0 Å². The van der Waals surface area contributed by atoms with E-state index in [9.17, 15) is 9.59 Å². The topological polar surface area (TPSA) is 81.0 Å². The van der Waals surface area contributed by atoms with Crippen molar-refractivity contribution in [3.63, 3.8) is 0 Å². The normalized spacial score (nSPS) is 13.4. The number of hydrogen-bond acceptors (Lipinski definition) is 7. The first-order valence-corrected chi connectivity index (χ1v) is 12.3. The average Bonchev–Trinajstić information content (AvgIpc) is 3.46. The van der Waals surface area contributed by atoms with Crippen molar-refractivity contribution in [2.24, 2.45) is 0 Å². The molecule has 2 aromatic heterocycles. The highest BCUT2D eigenvalue weighted by molar-refractivity contribution is 7.17. The number of benzene rings is 2. The Morgan fingerprint density at radius 3 is 2.74 bits per heavy atom. The van der Waals surface area contributed by atoms with Gasteiger partial charge in [-0.05, 0) is 36.6 Å². The van der Waals surface area contributed by atoms with Gasteiger partial charge < -0.3 is 19.2 Å². The predicted molar refractivity (Wildman–Crippen MR) is 135 cm³/mol. The standard InChI is InChI=1S/C27H26N2O5S/c1-3-33-20-11-7-10-18-14-21(34-24(18)20)25(30)28-26-23(27(31)32-2)19-12-13-29(16-22(19)35-26)15-17-8-5-4-6-9-17/h4-11,14H,3,12-13,15-16H2,1-2H3,(H,28,30). The number of methoxy groups -OCH3 is 1. The summed E-state index contributed by atoms with van der Waals surface area (Å²) in [6.45, 7) is 4.74. The van der Waals surface area contributed by atoms with E-state index in [0.717, 1.165) is 28.9 Å². The van der Waals surface area contributed by atoms with Gasteiger partial charge in [-0.3, -0.25) is 9.69 Å². The maximum atomic E-state index is 13.1. The smallest absolute Gasteiger partial charge is 0.341 e. The highest BCUT2D eigenvalue weighted by atomic mass is 32.1. The number of para-hydroxylation sites is 1. The molecular weight excluding hydrogens is 464 g/mol. The van der Waals surface area contributed by atoms with Crippen LogP contribution in [0.5, 0.6) is 5.75 Å². The predicted octanol–water partition coefficient (Wildman–Crippen LogP) is 5.49. The van der Waals surface area contributed by atoms with Gasteiger partial charge in [0.15, 0.2) is 17.1 Å². The van der Waals surface area contributed by atoms with E-state index in [1.165, 1.54) is 24.0 Å². The van der Waals surface area contributed by atoms with Gasteiger partial charge in [0.1, 0.15) is 5.00 Å². The fourth-order valence-electron chi connectivity index (χ4n) is 4.42. The van der Waals surface area contributed by atoms with E-state index in [1.54, 1.807) is 12.1 Å². The van der Waals surface area contributed by atoms with Gasteiger partial charge in [0.2, 0.25) is 0 Å². The van der Waals surface area contributed by atoms with Crippen LogP contribution in [0.25, 0.3) is 11.0 Å². The van der Waals surface area contributed by atoms with E-state index in [2.05, 4.69) is 22.3 Å². The molecule has 0 unspecified atom stereocenters. The lowest BCUT2D eigenvalue weighted by molar-refractivity contribution is 0.0600. The number of hydrogen-bond donors (Lipinski definition) is 1. The Morgan fingerprint density at radius 2 is 1.97 bits per heavy atom. The van der Waals surface area contributed by atoms with Crippen LogP contribution < -0.4 is 10.1 Å². The van der Waals surface area contributed by atoms with E-state index in [-0.39, 0.29) is 5.76 Å². The van der Waals surface area contributed by atoms with Crippen LogP contribution >= 0.6 is 11.3 Å². The van der Waals surface area contributed by atoms with Gasteiger partial charge in [-0.2, -0.15) is 0 Å². The Balaban J connectivity index is 1.41. The molecule has 4 aromatic rings. The molecule has 1 N–H and O–H groups in total. The zero-order valence-electron chi connectivity index (χ0n) is 19.6. The van der Waals surface area contributed by atoms with Gasteiger partial charge in [0, 0.05) is 29.9 Å². The second kappa shape index (κ2) is 9.93. The Bertz CT molecular complexity index is 1380. The van der Waals surface area contributed by atoms with Gasteiger partial charge in [0.25, 0.3) is 5.91 Å². The maximum absolute atomic E-state index is 13.1. The van der Waals surface area contributed by atoms with E-state index in [0.29, 0.717) is 41.5 Å². The molecule has 3 heterocycles. The Morgan fingerprint density at radius 1 is 1.14 bits per heavy atom. The first kappa shape index (κ1) is 23.1. The molecular formula is C27H26N2O5S. The summed E-state index contributed by atoms with van der Waals surface area (Å²) < 4.78 is 16.5. The fourth-order valence-corrected chi connectivity index (χ4v) is 5.69. The molecule has 0 atom stereocenters. The molecule has 2 aromatic carbocycles. The number of rotatable bonds is 7. The Kier molecular flexibility index (Phi) is 6.57. The molecule has 35 heavy (non-hydrogen) atoms. The first-order chi connectivity index (χ1) is 17.1. The van der Waals surface area contributed by atoms with Crippen LogP contribution in [-0.4, -0.2) is 37.0 Å². The van der Waals surface area contributed by atoms with Crippen LogP contribution in [0.1, 0.15) is 43.8 Å². The molecule has 0 radical (unpaired) electrons. The van der Waals surface area contributed by atoms with E-state index >= 15 is 0 Å². The molecule has 1 aliphatic heterocycles. The molecule has 7 nitrogen and oxygen atoms in total. The number of thiophene rings is 1. The number of anilines is 1. The number of amides is 1. The minimum absolute atomic E-state index is 0.153. The van der Waals surface area contributed by atoms with Gasteiger partial charge in [-0.1, -0.05) is 42.5 Å². The lowest BCUT2D eigenvalue weighted by Crippen LogP contribution is -2.29. The summed E-state index contributed by atoms with van der Waals surface area (Å²) in [4.78, 5) is 29.2. The van der Waals surface area contributed by atoms with Gasteiger partial charge in [-0.15, -0.1) is 11.3 Å². The summed E-state index contributed by atoms with van der Waals surface area (Å²) in [5, 5.41) is 4.16. The molecule has 0 saturated heterocycles. The summed E-state index contributed by atoms with van der Waals surface area (Å²) in [7, 11) is 1.36. The molecule has 0 saturated carbocycles. The van der Waals surface area contributed by atoms with Crippen molar-refractivity contribution < 1.29 is 23.5 Å². The zero-order chi connectivity index (χ0) is 24.4. The van der Waals surface area contributed by atoms with Crippen molar-refractivity contribution in [3.05, 3.63) is 81.9 Å². The molecule has 180 valence electrons. The number of carbonyl (C=O) groups is 2. The number of nitrogens with zero attached hydrogens (tertiary/aromatic N) is 1. The van der Waals surface area contributed by atoms with Crippen LogP contribution in [0.15, 0.2) is 59.0 Å². The molecule has 5 rings (SSSR count). The van der Waals surface area contributed by atoms with Crippen molar-refractivity contribution >= 4 is 39.2 Å². The maximum Gasteiger partial charge on any atom is 0.341 e. The summed E-state index contributed by atoms with van der Waals surface area (Å²) in [5.41, 5.74) is 3.15. The van der Waals surface area contributed by atoms with Gasteiger partial charge in [0.05, 0.1) is 19.3 Å². The third-order valence-electron chi connectivity index (χ3n) is 6.03. The lowest BCUT2D eigenvalue weighted by atomic mass is 10.0. The number of fused-ring (bicyclic) bond motifs is 2. The molecule has 0 bridgehead atoms. The average molecular weight is 491 g/mol. The van der Waals surface area contributed by atoms with Crippen molar-refractivity contribution in [1.82, 2.24) is 4.90 Å². The van der Waals surface area contributed by atoms with Crippen LogP contribution in [0.3, 0.4) is 0 Å². The Labute approximate surface area is 207 Å². The molecule has 0 aliphatic carbocycles. The van der Waals surface area contributed by atoms with Crippen LogP contribution in [-0.2, 0) is 24.2 Å². The van der Waals surface area contributed by atoms with E-state index < -0.39 is 11.9 Å². The monoisotopic (exact) mass is 490 g/mol. The van der Waals surface area contributed by atoms with Crippen LogP contribution in [0.4, 0.5) is 5.00 Å². The number of nitrogens with one attached hydrogen (secondary N) is 1. The minimum atomic E-state index is -0.447. The second-order valence-electron chi connectivity index (χ2n) is 8.32. The first-order valence-electron chi connectivity index (χ1n) is 11.5. The van der Waals surface area contributed by atoms with Crippen LogP contribution in [0.2, 0.25) is 0 Å². The molecule has 0 fully saturated rings. The summed E-state index contributed by atoms with van der Waals surface area (Å²) >= 11 is 1.42. The van der Waals surface area contributed by atoms with Crippen LogP contribution in [0, 0.1) is 0 Å². The largest absolute Gasteiger partial charge is 0.490 e. The third-order valence-corrected chi connectivity index (χ3v) is 7.17. The van der Waals surface area contributed by atoms with Crippen molar-refractivity contribution in [2.75, 3.05) is 25.6 Å².